The molecule has 1 aliphatic carbocycles. The molecule has 1 aromatic rings. The molecule has 1 N–H and O–H groups in total. The van der Waals surface area contributed by atoms with Crippen LogP contribution >= 0.6 is 0 Å². The first-order chi connectivity index (χ1) is 15.0. The molecular formula is C23H31N3O5. The highest BCUT2D eigenvalue weighted by Crippen LogP contribution is 2.30. The number of ether oxygens (including phenoxy) is 2. The molecule has 2 heterocycles. The normalized spacial score (nSPS) is 23.1. The van der Waals surface area contributed by atoms with Gasteiger partial charge >= 0.3 is 5.97 Å². The average molecular weight is 430 g/mol. The zero-order valence-electron chi connectivity index (χ0n) is 18.0. The van der Waals surface area contributed by atoms with Gasteiger partial charge in [0, 0.05) is 43.5 Å². The molecule has 3 aliphatic rings. The van der Waals surface area contributed by atoms with Crippen molar-refractivity contribution in [3.05, 3.63) is 24.3 Å². The zero-order valence-corrected chi connectivity index (χ0v) is 18.0. The molecule has 3 fully saturated rings. The van der Waals surface area contributed by atoms with Crippen molar-refractivity contribution in [1.82, 2.24) is 4.90 Å². The molecule has 1 saturated carbocycles. The fourth-order valence-corrected chi connectivity index (χ4v) is 4.60. The first-order valence-electron chi connectivity index (χ1n) is 11.2. The number of benzene rings is 1. The maximum absolute atomic E-state index is 12.5. The van der Waals surface area contributed by atoms with Gasteiger partial charge in [-0.1, -0.05) is 12.8 Å². The summed E-state index contributed by atoms with van der Waals surface area (Å²) in [6, 6.07) is 7.85. The third kappa shape index (κ3) is 5.18. The molecule has 0 unspecified atom stereocenters. The average Bonchev–Trinajstić information content (AvgIpc) is 3.44. The van der Waals surface area contributed by atoms with Crippen molar-refractivity contribution in [3.8, 4) is 0 Å². The van der Waals surface area contributed by atoms with Crippen molar-refractivity contribution in [2.75, 3.05) is 43.1 Å². The topological polar surface area (TPSA) is 88.2 Å². The second-order valence-electron chi connectivity index (χ2n) is 8.60. The molecule has 0 radical (unpaired) electrons. The fourth-order valence-electron chi connectivity index (χ4n) is 4.60. The van der Waals surface area contributed by atoms with Gasteiger partial charge in [-0.2, -0.15) is 0 Å². The van der Waals surface area contributed by atoms with Crippen LogP contribution in [0.1, 0.15) is 39.0 Å². The summed E-state index contributed by atoms with van der Waals surface area (Å²) in [6.07, 6.45) is 3.53. The highest BCUT2D eigenvalue weighted by atomic mass is 16.5. The Hall–Kier alpha value is -2.61. The Balaban J connectivity index is 1.26. The van der Waals surface area contributed by atoms with Crippen molar-refractivity contribution in [1.29, 1.82) is 0 Å². The van der Waals surface area contributed by atoms with Gasteiger partial charge in [0.2, 0.25) is 5.91 Å². The Labute approximate surface area is 182 Å². The van der Waals surface area contributed by atoms with Crippen LogP contribution in [0.3, 0.4) is 0 Å². The molecule has 4 rings (SSSR count). The summed E-state index contributed by atoms with van der Waals surface area (Å²) in [5.74, 6) is -1.33. The maximum atomic E-state index is 12.5. The molecule has 31 heavy (non-hydrogen) atoms. The number of nitrogens with zero attached hydrogens (tertiary/aromatic N) is 2. The highest BCUT2D eigenvalue weighted by molar-refractivity contribution is 5.96. The minimum absolute atomic E-state index is 0.0197. The summed E-state index contributed by atoms with van der Waals surface area (Å²) in [4.78, 5) is 41.4. The van der Waals surface area contributed by atoms with Crippen LogP contribution < -0.4 is 10.2 Å². The number of carbonyl (C=O) groups is 3. The SMILES string of the molecule is C[C@H](OC(=O)[C@H]1CC(=O)N(C2CCCC2)C1)C(=O)Nc1ccc(N2CCOCC2)cc1. The van der Waals surface area contributed by atoms with E-state index >= 15 is 0 Å². The van der Waals surface area contributed by atoms with Gasteiger partial charge in [-0.25, -0.2) is 0 Å². The van der Waals surface area contributed by atoms with Crippen LogP contribution in [-0.2, 0) is 23.9 Å². The van der Waals surface area contributed by atoms with Gasteiger partial charge < -0.3 is 24.6 Å². The summed E-state index contributed by atoms with van der Waals surface area (Å²) in [6.45, 7) is 5.08. The molecule has 0 aromatic heterocycles. The predicted octanol–water partition coefficient (Wildman–Crippen LogP) is 2.18. The van der Waals surface area contributed by atoms with Crippen molar-refractivity contribution < 1.29 is 23.9 Å². The minimum Gasteiger partial charge on any atom is -0.452 e. The molecule has 2 atom stereocenters. The van der Waals surface area contributed by atoms with E-state index in [1.165, 1.54) is 0 Å². The molecule has 2 amide bonds. The number of likely N-dealkylation sites (tertiary alicyclic amines) is 1. The van der Waals surface area contributed by atoms with Gasteiger partial charge in [0.05, 0.1) is 19.1 Å². The lowest BCUT2D eigenvalue weighted by Crippen LogP contribution is -2.36. The second-order valence-corrected chi connectivity index (χ2v) is 8.60. The van der Waals surface area contributed by atoms with E-state index in [1.807, 2.05) is 29.2 Å². The Kier molecular flexibility index (Phi) is 6.75. The summed E-state index contributed by atoms with van der Waals surface area (Å²) >= 11 is 0. The van der Waals surface area contributed by atoms with E-state index < -0.39 is 18.0 Å². The summed E-state index contributed by atoms with van der Waals surface area (Å²) in [7, 11) is 0. The molecule has 0 bridgehead atoms. The molecule has 168 valence electrons. The number of esters is 1. The first kappa shape index (κ1) is 21.6. The molecule has 0 spiro atoms. The molecule has 2 aliphatic heterocycles. The number of hydrogen-bond donors (Lipinski definition) is 1. The van der Waals surface area contributed by atoms with Crippen molar-refractivity contribution in [3.63, 3.8) is 0 Å². The lowest BCUT2D eigenvalue weighted by Gasteiger charge is -2.29. The van der Waals surface area contributed by atoms with E-state index in [4.69, 9.17) is 9.47 Å². The Morgan fingerprint density at radius 2 is 1.81 bits per heavy atom. The summed E-state index contributed by atoms with van der Waals surface area (Å²) < 4.78 is 10.8. The molecular weight excluding hydrogens is 398 g/mol. The fraction of sp³-hybridized carbons (Fsp3) is 0.609. The third-order valence-corrected chi connectivity index (χ3v) is 6.43. The number of carbonyl (C=O) groups excluding carboxylic acids is 3. The molecule has 1 aromatic carbocycles. The maximum Gasteiger partial charge on any atom is 0.312 e. The minimum atomic E-state index is -0.929. The number of morpholine rings is 1. The van der Waals surface area contributed by atoms with Crippen molar-refractivity contribution >= 4 is 29.2 Å². The second kappa shape index (κ2) is 9.68. The van der Waals surface area contributed by atoms with E-state index in [0.717, 1.165) is 44.5 Å². The van der Waals surface area contributed by atoms with Crippen LogP contribution in [0.25, 0.3) is 0 Å². The number of nitrogens with one attached hydrogen (secondary N) is 1. The number of amides is 2. The van der Waals surface area contributed by atoms with Crippen LogP contribution in [0, 0.1) is 5.92 Å². The lowest BCUT2D eigenvalue weighted by molar-refractivity contribution is -0.157. The van der Waals surface area contributed by atoms with E-state index in [1.54, 1.807) is 6.92 Å². The van der Waals surface area contributed by atoms with Gasteiger partial charge in [0.1, 0.15) is 0 Å². The number of rotatable bonds is 6. The van der Waals surface area contributed by atoms with Gasteiger partial charge in [0.25, 0.3) is 5.91 Å². The van der Waals surface area contributed by atoms with E-state index in [2.05, 4.69) is 10.2 Å². The summed E-state index contributed by atoms with van der Waals surface area (Å²) in [5, 5.41) is 2.79. The summed E-state index contributed by atoms with van der Waals surface area (Å²) in [5.41, 5.74) is 1.73. The van der Waals surface area contributed by atoms with Gasteiger partial charge in [-0.15, -0.1) is 0 Å². The first-order valence-corrected chi connectivity index (χ1v) is 11.2. The van der Waals surface area contributed by atoms with Crippen LogP contribution in [0.5, 0.6) is 0 Å². The lowest BCUT2D eigenvalue weighted by atomic mass is 10.1. The van der Waals surface area contributed by atoms with Crippen LogP contribution in [0.4, 0.5) is 11.4 Å². The zero-order chi connectivity index (χ0) is 21.8. The van der Waals surface area contributed by atoms with Gasteiger partial charge in [-0.3, -0.25) is 14.4 Å². The van der Waals surface area contributed by atoms with Gasteiger partial charge in [0.15, 0.2) is 6.10 Å². The molecule has 8 heteroatoms. The van der Waals surface area contributed by atoms with Crippen LogP contribution in [0.2, 0.25) is 0 Å². The Morgan fingerprint density at radius 3 is 2.48 bits per heavy atom. The highest BCUT2D eigenvalue weighted by Gasteiger charge is 2.40. The van der Waals surface area contributed by atoms with Crippen molar-refractivity contribution in [2.45, 2.75) is 51.2 Å². The largest absolute Gasteiger partial charge is 0.452 e. The quantitative estimate of drug-likeness (QED) is 0.698. The number of hydrogen-bond acceptors (Lipinski definition) is 6. The number of anilines is 2. The van der Waals surface area contributed by atoms with Gasteiger partial charge in [-0.05, 0) is 44.0 Å². The molecule has 2 saturated heterocycles. The monoisotopic (exact) mass is 429 g/mol. The molecule has 8 nitrogen and oxygen atoms in total. The smallest absolute Gasteiger partial charge is 0.312 e. The Bertz CT molecular complexity index is 800. The van der Waals surface area contributed by atoms with Crippen LogP contribution in [-0.4, -0.2) is 67.7 Å². The standard InChI is InChI=1S/C23H31N3O5/c1-16(31-23(29)17-14-21(27)26(15-17)20-4-2-3-5-20)22(28)24-18-6-8-19(9-7-18)25-10-12-30-13-11-25/h6-9,16-17,20H,2-5,10-15H2,1H3,(H,24,28)/t16-,17-/m0/s1. The predicted molar refractivity (Wildman–Crippen MR) is 116 cm³/mol. The van der Waals surface area contributed by atoms with E-state index in [9.17, 15) is 14.4 Å². The van der Waals surface area contributed by atoms with E-state index in [0.29, 0.717) is 25.4 Å². The van der Waals surface area contributed by atoms with Crippen LogP contribution in [0.15, 0.2) is 24.3 Å². The third-order valence-electron chi connectivity index (χ3n) is 6.43. The van der Waals surface area contributed by atoms with E-state index in [-0.39, 0.29) is 24.3 Å². The Morgan fingerprint density at radius 1 is 1.13 bits per heavy atom. The van der Waals surface area contributed by atoms with Crippen molar-refractivity contribution in [2.24, 2.45) is 5.92 Å².